The molecule has 140 valence electrons. The normalized spacial score (nSPS) is 19.4. The van der Waals surface area contributed by atoms with Crippen LogP contribution in [0.4, 0.5) is 13.2 Å². The Hall–Kier alpha value is -1.55. The molecule has 1 amide bonds. The second-order valence-corrected chi connectivity index (χ2v) is 5.52. The van der Waals surface area contributed by atoms with E-state index in [0.29, 0.717) is 45.2 Å². The van der Waals surface area contributed by atoms with Crippen molar-refractivity contribution in [2.45, 2.75) is 25.6 Å². The smallest absolute Gasteiger partial charge is 0.383 e. The van der Waals surface area contributed by atoms with Crippen LogP contribution in [0.5, 0.6) is 0 Å². The molecule has 0 radical (unpaired) electrons. The minimum Gasteiger partial charge on any atom is -0.383 e. The van der Waals surface area contributed by atoms with Gasteiger partial charge in [-0.25, -0.2) is 4.99 Å². The Morgan fingerprint density at radius 3 is 2.75 bits per heavy atom. The van der Waals surface area contributed by atoms with Gasteiger partial charge < -0.3 is 20.7 Å². The van der Waals surface area contributed by atoms with E-state index in [1.165, 1.54) is 4.90 Å². The molecular formula is C14H26F3N5O2. The Bertz CT molecular complexity index is 418. The Morgan fingerprint density at radius 1 is 1.38 bits per heavy atom. The van der Waals surface area contributed by atoms with Crippen LogP contribution in [-0.4, -0.2) is 82.0 Å². The summed E-state index contributed by atoms with van der Waals surface area (Å²) in [5.74, 6) is 0.188. The highest BCUT2D eigenvalue weighted by molar-refractivity contribution is 5.85. The van der Waals surface area contributed by atoms with E-state index in [4.69, 9.17) is 4.74 Å². The first-order valence-electron chi connectivity index (χ1n) is 7.93. The van der Waals surface area contributed by atoms with E-state index in [0.717, 1.165) is 0 Å². The van der Waals surface area contributed by atoms with Gasteiger partial charge in [-0.3, -0.25) is 9.69 Å². The summed E-state index contributed by atoms with van der Waals surface area (Å²) in [5, 5.41) is 8.72. The molecule has 0 aromatic rings. The molecule has 7 nitrogen and oxygen atoms in total. The van der Waals surface area contributed by atoms with E-state index in [9.17, 15) is 18.0 Å². The summed E-state index contributed by atoms with van der Waals surface area (Å²) in [5.41, 5.74) is 0. The van der Waals surface area contributed by atoms with Gasteiger partial charge in [0.15, 0.2) is 5.96 Å². The van der Waals surface area contributed by atoms with Gasteiger partial charge >= 0.3 is 6.18 Å². The fourth-order valence-corrected chi connectivity index (χ4v) is 2.36. The maximum Gasteiger partial charge on any atom is 0.401 e. The fraction of sp³-hybridized carbons (Fsp3) is 0.857. The number of carbonyl (C=O) groups is 1. The molecule has 1 aliphatic heterocycles. The first kappa shape index (κ1) is 20.5. The summed E-state index contributed by atoms with van der Waals surface area (Å²) < 4.78 is 42.0. The van der Waals surface area contributed by atoms with E-state index in [1.807, 2.05) is 6.92 Å². The van der Waals surface area contributed by atoms with Crippen molar-refractivity contribution in [2.75, 3.05) is 53.0 Å². The van der Waals surface area contributed by atoms with Crippen LogP contribution >= 0.6 is 0 Å². The summed E-state index contributed by atoms with van der Waals surface area (Å²) in [6, 6.07) is -0.123. The number of nitrogens with zero attached hydrogens (tertiary/aromatic N) is 2. The van der Waals surface area contributed by atoms with Gasteiger partial charge in [-0.05, 0) is 13.3 Å². The summed E-state index contributed by atoms with van der Waals surface area (Å²) in [4.78, 5) is 17.1. The summed E-state index contributed by atoms with van der Waals surface area (Å²) in [7, 11) is 1.54. The van der Waals surface area contributed by atoms with Crippen molar-refractivity contribution in [3.05, 3.63) is 0 Å². The SMILES string of the molecule is CCNC(=NCC(=O)NCCOC)NC1CCN(CC(F)(F)F)C1. The lowest BCUT2D eigenvalue weighted by atomic mass is 10.3. The predicted octanol–water partition coefficient (Wildman–Crippen LogP) is -0.0593. The van der Waals surface area contributed by atoms with Gasteiger partial charge in [-0.2, -0.15) is 13.2 Å². The van der Waals surface area contributed by atoms with Crippen molar-refractivity contribution in [2.24, 2.45) is 4.99 Å². The van der Waals surface area contributed by atoms with Crippen molar-refractivity contribution in [3.63, 3.8) is 0 Å². The summed E-state index contributed by atoms with van der Waals surface area (Å²) in [6.07, 6.45) is -3.59. The maximum absolute atomic E-state index is 12.4. The van der Waals surface area contributed by atoms with Gasteiger partial charge in [0, 0.05) is 39.3 Å². The number of carbonyl (C=O) groups excluding carboxylic acids is 1. The summed E-state index contributed by atoms with van der Waals surface area (Å²) in [6.45, 7) is 3.02. The van der Waals surface area contributed by atoms with Crippen LogP contribution in [0, 0.1) is 0 Å². The number of aliphatic imine (C=N–C) groups is 1. The highest BCUT2D eigenvalue weighted by atomic mass is 19.4. The standard InChI is InChI=1S/C14H26F3N5O2/c1-3-18-13(20-8-12(23)19-5-7-24-2)21-11-4-6-22(9-11)10-14(15,16)17/h11H,3-10H2,1-2H3,(H,19,23)(H2,18,20,21). The zero-order chi connectivity index (χ0) is 18.0. The van der Waals surface area contributed by atoms with Crippen molar-refractivity contribution < 1.29 is 22.7 Å². The lowest BCUT2D eigenvalue weighted by molar-refractivity contribution is -0.143. The number of likely N-dealkylation sites (tertiary alicyclic amines) is 1. The molecule has 1 heterocycles. The molecule has 1 atom stereocenters. The van der Waals surface area contributed by atoms with Gasteiger partial charge in [-0.1, -0.05) is 0 Å². The quantitative estimate of drug-likeness (QED) is 0.324. The van der Waals surface area contributed by atoms with Crippen molar-refractivity contribution in [1.82, 2.24) is 20.9 Å². The predicted molar refractivity (Wildman–Crippen MR) is 84.9 cm³/mol. The molecule has 0 saturated carbocycles. The first-order valence-corrected chi connectivity index (χ1v) is 7.93. The Morgan fingerprint density at radius 2 is 2.12 bits per heavy atom. The van der Waals surface area contributed by atoms with Gasteiger partial charge in [-0.15, -0.1) is 0 Å². The second kappa shape index (κ2) is 10.3. The van der Waals surface area contributed by atoms with E-state index >= 15 is 0 Å². The minimum absolute atomic E-state index is 0.0575. The van der Waals surface area contributed by atoms with Gasteiger partial charge in [0.05, 0.1) is 13.2 Å². The van der Waals surface area contributed by atoms with Crippen LogP contribution in [0.1, 0.15) is 13.3 Å². The summed E-state index contributed by atoms with van der Waals surface area (Å²) >= 11 is 0. The third-order valence-electron chi connectivity index (χ3n) is 3.37. The number of hydrogen-bond donors (Lipinski definition) is 3. The van der Waals surface area contributed by atoms with Gasteiger partial charge in [0.25, 0.3) is 0 Å². The number of alkyl halides is 3. The molecule has 3 N–H and O–H groups in total. The lowest BCUT2D eigenvalue weighted by Crippen LogP contribution is -2.45. The fourth-order valence-electron chi connectivity index (χ4n) is 2.36. The Balaban J connectivity index is 2.42. The third kappa shape index (κ3) is 8.92. The van der Waals surface area contributed by atoms with E-state index in [-0.39, 0.29) is 18.5 Å². The van der Waals surface area contributed by atoms with Crippen LogP contribution in [0.15, 0.2) is 4.99 Å². The molecule has 1 rings (SSSR count). The van der Waals surface area contributed by atoms with E-state index in [2.05, 4.69) is 20.9 Å². The van der Waals surface area contributed by atoms with Crippen LogP contribution < -0.4 is 16.0 Å². The van der Waals surface area contributed by atoms with Crippen molar-refractivity contribution in [1.29, 1.82) is 0 Å². The maximum atomic E-state index is 12.4. The Labute approximate surface area is 140 Å². The number of amides is 1. The molecule has 0 aromatic heterocycles. The molecule has 1 saturated heterocycles. The van der Waals surface area contributed by atoms with Crippen LogP contribution in [-0.2, 0) is 9.53 Å². The average molecular weight is 353 g/mol. The van der Waals surface area contributed by atoms with E-state index < -0.39 is 12.7 Å². The van der Waals surface area contributed by atoms with Crippen LogP contribution in [0.25, 0.3) is 0 Å². The molecule has 1 fully saturated rings. The van der Waals surface area contributed by atoms with Gasteiger partial charge in [0.1, 0.15) is 6.54 Å². The number of nitrogens with one attached hydrogen (secondary N) is 3. The molecule has 24 heavy (non-hydrogen) atoms. The number of ether oxygens (including phenoxy) is 1. The monoisotopic (exact) mass is 353 g/mol. The van der Waals surface area contributed by atoms with Crippen molar-refractivity contribution >= 4 is 11.9 Å². The molecule has 0 aromatic carbocycles. The molecule has 0 bridgehead atoms. The number of guanidine groups is 1. The molecule has 0 spiro atoms. The number of hydrogen-bond acceptors (Lipinski definition) is 4. The number of methoxy groups -OCH3 is 1. The lowest BCUT2D eigenvalue weighted by Gasteiger charge is -2.19. The van der Waals surface area contributed by atoms with Crippen molar-refractivity contribution in [3.8, 4) is 0 Å². The molecule has 1 unspecified atom stereocenters. The first-order chi connectivity index (χ1) is 11.3. The zero-order valence-electron chi connectivity index (χ0n) is 14.1. The second-order valence-electron chi connectivity index (χ2n) is 5.52. The molecule has 10 heteroatoms. The van der Waals surface area contributed by atoms with Crippen LogP contribution in [0.3, 0.4) is 0 Å². The zero-order valence-corrected chi connectivity index (χ0v) is 14.1. The molecular weight excluding hydrogens is 327 g/mol. The highest BCUT2D eigenvalue weighted by Crippen LogP contribution is 2.19. The number of halogens is 3. The Kier molecular flexibility index (Phi) is 8.83. The largest absolute Gasteiger partial charge is 0.401 e. The van der Waals surface area contributed by atoms with E-state index in [1.54, 1.807) is 7.11 Å². The molecule has 0 aliphatic carbocycles. The average Bonchev–Trinajstić information content (AvgIpc) is 2.90. The number of rotatable bonds is 8. The molecule has 1 aliphatic rings. The third-order valence-corrected chi connectivity index (χ3v) is 3.37. The van der Waals surface area contributed by atoms with Crippen LogP contribution in [0.2, 0.25) is 0 Å². The minimum atomic E-state index is -4.19. The highest BCUT2D eigenvalue weighted by Gasteiger charge is 2.34. The topological polar surface area (TPSA) is 78.0 Å². The van der Waals surface area contributed by atoms with Gasteiger partial charge in [0.2, 0.25) is 5.91 Å².